The monoisotopic (exact) mass is 418 g/mol. The number of thiocarbonyl (C=S) groups is 1. The van der Waals surface area contributed by atoms with E-state index in [4.69, 9.17) is 31.2 Å². The predicted molar refractivity (Wildman–Crippen MR) is 109 cm³/mol. The van der Waals surface area contributed by atoms with Gasteiger partial charge in [0.1, 0.15) is 35.7 Å². The number of nitrogens with zero attached hydrogens (tertiary/aromatic N) is 1. The Hall–Kier alpha value is -3.20. The Kier molecular flexibility index (Phi) is 8.35. The fourth-order valence-corrected chi connectivity index (χ4v) is 2.48. The average Bonchev–Trinajstić information content (AvgIpc) is 2.71. The van der Waals surface area contributed by atoms with Crippen LogP contribution in [0.3, 0.4) is 0 Å². The zero-order valence-corrected chi connectivity index (χ0v) is 17.2. The second-order valence-electron chi connectivity index (χ2n) is 5.89. The Labute approximate surface area is 174 Å². The molecule has 0 bridgehead atoms. The van der Waals surface area contributed by atoms with Gasteiger partial charge in [0.2, 0.25) is 5.75 Å². The number of nitrogens with one attached hydrogen (secondary N) is 1. The molecule has 2 rings (SSSR count). The van der Waals surface area contributed by atoms with Crippen molar-refractivity contribution in [3.8, 4) is 17.2 Å². The third kappa shape index (κ3) is 7.04. The van der Waals surface area contributed by atoms with Gasteiger partial charge in [-0.3, -0.25) is 9.59 Å². The van der Waals surface area contributed by atoms with Crippen LogP contribution in [0.25, 0.3) is 0 Å². The lowest BCUT2D eigenvalue weighted by Gasteiger charge is -2.16. The van der Waals surface area contributed by atoms with E-state index in [9.17, 15) is 9.59 Å². The second kappa shape index (κ2) is 11.0. The molecule has 0 saturated carbocycles. The van der Waals surface area contributed by atoms with E-state index < -0.39 is 11.9 Å². The topological polar surface area (TPSA) is 96.0 Å². The smallest absolute Gasteiger partial charge is 0.325 e. The van der Waals surface area contributed by atoms with Gasteiger partial charge in [-0.05, 0) is 19.1 Å². The highest BCUT2D eigenvalue weighted by Crippen LogP contribution is 2.29. The summed E-state index contributed by atoms with van der Waals surface area (Å²) < 4.78 is 21.1. The Morgan fingerprint density at radius 1 is 1.21 bits per heavy atom. The molecule has 0 radical (unpaired) electrons. The molecule has 0 amide bonds. The van der Waals surface area contributed by atoms with Crippen LogP contribution < -0.4 is 19.5 Å². The maximum atomic E-state index is 12.0. The van der Waals surface area contributed by atoms with Gasteiger partial charge < -0.3 is 24.3 Å². The first-order valence-electron chi connectivity index (χ1n) is 8.77. The summed E-state index contributed by atoms with van der Waals surface area (Å²) in [5.74, 6) is -0.000489. The van der Waals surface area contributed by atoms with Crippen LogP contribution >= 0.6 is 12.2 Å². The number of hydrogen-bond donors (Lipinski definition) is 1. The van der Waals surface area contributed by atoms with Crippen LogP contribution in [0, 0.1) is 0 Å². The Bertz CT molecular complexity index is 859. The number of rotatable bonds is 9. The number of ether oxygens (including phenoxy) is 4. The van der Waals surface area contributed by atoms with Crippen molar-refractivity contribution in [2.75, 3.05) is 20.3 Å². The number of hydrogen-bond acceptors (Lipinski definition) is 8. The third-order valence-electron chi connectivity index (χ3n) is 3.50. The van der Waals surface area contributed by atoms with Crippen molar-refractivity contribution in [1.29, 1.82) is 0 Å². The summed E-state index contributed by atoms with van der Waals surface area (Å²) in [5, 5.41) is 2.74. The first-order valence-corrected chi connectivity index (χ1v) is 9.18. The van der Waals surface area contributed by atoms with Crippen LogP contribution in [0.4, 0.5) is 0 Å². The predicted octanol–water partition coefficient (Wildman–Crippen LogP) is 2.29. The van der Waals surface area contributed by atoms with Crippen molar-refractivity contribution in [1.82, 2.24) is 10.3 Å². The first-order chi connectivity index (χ1) is 13.9. The number of carbonyl (C=O) groups is 2. The lowest BCUT2D eigenvalue weighted by atomic mass is 10.3. The molecule has 0 fully saturated rings. The molecule has 8 nitrogen and oxygen atoms in total. The van der Waals surface area contributed by atoms with E-state index in [1.165, 1.54) is 26.3 Å². The Balaban J connectivity index is 1.87. The first kappa shape index (κ1) is 22.1. The maximum Gasteiger partial charge on any atom is 0.325 e. The van der Waals surface area contributed by atoms with Crippen molar-refractivity contribution in [2.45, 2.75) is 20.0 Å². The summed E-state index contributed by atoms with van der Waals surface area (Å²) in [6.45, 7) is 2.94. The SMILES string of the molecule is COc1ccnc(C(=S)NCC(=O)OCC(C)Oc2ccccc2)c1OC(C)=O. The van der Waals surface area contributed by atoms with Crippen molar-refractivity contribution in [3.05, 3.63) is 48.3 Å². The fourth-order valence-electron chi connectivity index (χ4n) is 2.26. The van der Waals surface area contributed by atoms with E-state index in [1.54, 1.807) is 6.92 Å². The maximum absolute atomic E-state index is 12.0. The third-order valence-corrected chi connectivity index (χ3v) is 3.84. The lowest BCUT2D eigenvalue weighted by Crippen LogP contribution is -2.32. The molecule has 1 unspecified atom stereocenters. The van der Waals surface area contributed by atoms with E-state index in [1.807, 2.05) is 30.3 Å². The average molecular weight is 418 g/mol. The van der Waals surface area contributed by atoms with Crippen molar-refractivity contribution >= 4 is 29.1 Å². The molecule has 0 spiro atoms. The highest BCUT2D eigenvalue weighted by molar-refractivity contribution is 7.80. The Morgan fingerprint density at radius 2 is 1.93 bits per heavy atom. The van der Waals surface area contributed by atoms with Gasteiger partial charge in [-0.1, -0.05) is 30.4 Å². The molecule has 0 aliphatic rings. The van der Waals surface area contributed by atoms with E-state index >= 15 is 0 Å². The molecule has 9 heteroatoms. The minimum absolute atomic E-state index is 0.0816. The molecular formula is C20H22N2O6S. The van der Waals surface area contributed by atoms with Gasteiger partial charge in [-0.2, -0.15) is 0 Å². The highest BCUT2D eigenvalue weighted by Gasteiger charge is 2.19. The van der Waals surface area contributed by atoms with Gasteiger partial charge in [0.15, 0.2) is 5.75 Å². The van der Waals surface area contributed by atoms with Gasteiger partial charge in [0, 0.05) is 19.2 Å². The van der Waals surface area contributed by atoms with E-state index in [-0.39, 0.29) is 35.7 Å². The standard InChI is InChI=1S/C20H22N2O6S/c1-13(27-15-7-5-4-6-8-15)12-26-17(24)11-22-20(29)18-19(28-14(2)23)16(25-3)9-10-21-18/h4-10,13H,11-12H2,1-3H3,(H,22,29). The van der Waals surface area contributed by atoms with E-state index in [0.29, 0.717) is 11.5 Å². The van der Waals surface area contributed by atoms with Gasteiger partial charge >= 0.3 is 11.9 Å². The summed E-state index contributed by atoms with van der Waals surface area (Å²) in [6.07, 6.45) is 1.14. The molecule has 1 N–H and O–H groups in total. The molecule has 0 aliphatic heterocycles. The molecular weight excluding hydrogens is 396 g/mol. The van der Waals surface area contributed by atoms with Crippen LogP contribution in [-0.2, 0) is 14.3 Å². The lowest BCUT2D eigenvalue weighted by molar-refractivity contribution is -0.144. The van der Waals surface area contributed by atoms with Crippen molar-refractivity contribution in [3.63, 3.8) is 0 Å². The summed E-state index contributed by atoms with van der Waals surface area (Å²) in [6, 6.07) is 10.8. The molecule has 0 aliphatic carbocycles. The van der Waals surface area contributed by atoms with Crippen molar-refractivity contribution in [2.24, 2.45) is 0 Å². The molecule has 154 valence electrons. The van der Waals surface area contributed by atoms with E-state index in [0.717, 1.165) is 0 Å². The number of benzene rings is 1. The number of pyridine rings is 1. The zero-order chi connectivity index (χ0) is 21.2. The number of esters is 2. The summed E-state index contributed by atoms with van der Waals surface area (Å²) in [4.78, 5) is 27.6. The number of carbonyl (C=O) groups excluding carboxylic acids is 2. The fraction of sp³-hybridized carbons (Fsp3) is 0.300. The van der Waals surface area contributed by atoms with Gasteiger partial charge in [-0.25, -0.2) is 4.98 Å². The van der Waals surface area contributed by atoms with Crippen LogP contribution in [0.15, 0.2) is 42.6 Å². The minimum Gasteiger partial charge on any atom is -0.493 e. The quantitative estimate of drug-likeness (QED) is 0.486. The van der Waals surface area contributed by atoms with Crippen LogP contribution in [-0.4, -0.2) is 48.3 Å². The molecule has 1 atom stereocenters. The van der Waals surface area contributed by atoms with Crippen LogP contribution in [0.1, 0.15) is 19.5 Å². The molecule has 2 aromatic rings. The highest BCUT2D eigenvalue weighted by atomic mass is 32.1. The normalized spacial score (nSPS) is 11.1. The minimum atomic E-state index is -0.549. The Morgan fingerprint density at radius 3 is 2.59 bits per heavy atom. The number of aromatic nitrogens is 1. The van der Waals surface area contributed by atoms with E-state index in [2.05, 4.69) is 10.3 Å². The molecule has 0 saturated heterocycles. The molecule has 1 heterocycles. The van der Waals surface area contributed by atoms with Crippen LogP contribution in [0.5, 0.6) is 17.2 Å². The van der Waals surface area contributed by atoms with Crippen LogP contribution in [0.2, 0.25) is 0 Å². The zero-order valence-electron chi connectivity index (χ0n) is 16.3. The molecule has 1 aromatic carbocycles. The molecule has 29 heavy (non-hydrogen) atoms. The van der Waals surface area contributed by atoms with Gasteiger partial charge in [0.05, 0.1) is 7.11 Å². The number of para-hydroxylation sites is 1. The largest absolute Gasteiger partial charge is 0.493 e. The van der Waals surface area contributed by atoms with Gasteiger partial charge in [0.25, 0.3) is 0 Å². The molecule has 1 aromatic heterocycles. The summed E-state index contributed by atoms with van der Waals surface area (Å²) in [7, 11) is 1.43. The summed E-state index contributed by atoms with van der Waals surface area (Å²) in [5.41, 5.74) is 0.183. The summed E-state index contributed by atoms with van der Waals surface area (Å²) >= 11 is 5.26. The number of methoxy groups -OCH3 is 1. The second-order valence-corrected chi connectivity index (χ2v) is 6.30. The van der Waals surface area contributed by atoms with Crippen molar-refractivity contribution < 1.29 is 28.5 Å². The van der Waals surface area contributed by atoms with Gasteiger partial charge in [-0.15, -0.1) is 0 Å².